The van der Waals surface area contributed by atoms with Crippen molar-refractivity contribution in [1.82, 2.24) is 15.1 Å². The molecule has 1 atom stereocenters. The van der Waals surface area contributed by atoms with Crippen molar-refractivity contribution in [3.8, 4) is 0 Å². The van der Waals surface area contributed by atoms with Crippen LogP contribution in [0.25, 0.3) is 0 Å². The normalized spacial score (nSPS) is 12.3. The summed E-state index contributed by atoms with van der Waals surface area (Å²) in [5.74, 6) is -1.54. The van der Waals surface area contributed by atoms with E-state index < -0.39 is 19.0 Å². The van der Waals surface area contributed by atoms with E-state index in [1.165, 1.54) is 11.0 Å². The Bertz CT molecular complexity index is 692. The second-order valence-corrected chi connectivity index (χ2v) is 7.24. The molecule has 154 valence electrons. The molecule has 0 radical (unpaired) electrons. The molecule has 1 aromatic carbocycles. The van der Waals surface area contributed by atoms with E-state index >= 15 is 0 Å². The van der Waals surface area contributed by atoms with E-state index in [1.807, 2.05) is 51.0 Å². The summed E-state index contributed by atoms with van der Waals surface area (Å²) in [6.07, 6.45) is 3.48. The van der Waals surface area contributed by atoms with Crippen LogP contribution in [0, 0.1) is 13.8 Å². The number of hydrogen-bond donors (Lipinski definition) is 3. The zero-order valence-electron chi connectivity index (χ0n) is 17.5. The van der Waals surface area contributed by atoms with Crippen LogP contribution in [-0.4, -0.2) is 78.5 Å². The Morgan fingerprint density at radius 1 is 1.25 bits per heavy atom. The third-order valence-electron chi connectivity index (χ3n) is 4.40. The number of nitrogens with zero attached hydrogens (tertiary/aromatic N) is 2. The van der Waals surface area contributed by atoms with Gasteiger partial charge < -0.3 is 25.2 Å². The molecular formula is C20H32BN3O4. The fraction of sp³-hybridized carbons (Fsp3) is 0.500. The standard InChI is InChI=1S/C20H32BN3O4/c1-6-24(20(26)8-7-11-23(4)5)14-19(25)22-18(21(27)28)13-17-10-9-15(2)12-16(17)3/h7-10,12,18,27-28H,6,11,13-14H2,1-5H3,(H,22,25)/b8-7+. The Kier molecular flexibility index (Phi) is 9.92. The lowest BCUT2D eigenvalue weighted by molar-refractivity contribution is -0.132. The van der Waals surface area contributed by atoms with Crippen molar-refractivity contribution in [2.75, 3.05) is 33.7 Å². The zero-order chi connectivity index (χ0) is 21.3. The van der Waals surface area contributed by atoms with Gasteiger partial charge in [0.2, 0.25) is 11.8 Å². The van der Waals surface area contributed by atoms with Crippen LogP contribution < -0.4 is 5.32 Å². The van der Waals surface area contributed by atoms with E-state index in [9.17, 15) is 19.6 Å². The predicted octanol–water partition coefficient (Wildman–Crippen LogP) is 0.309. The number of benzene rings is 1. The second kappa shape index (κ2) is 11.6. The van der Waals surface area contributed by atoms with E-state index in [-0.39, 0.29) is 12.5 Å². The van der Waals surface area contributed by atoms with Crippen LogP contribution in [-0.2, 0) is 16.0 Å². The van der Waals surface area contributed by atoms with Crippen molar-refractivity contribution < 1.29 is 19.6 Å². The first kappa shape index (κ1) is 23.9. The van der Waals surface area contributed by atoms with Crippen LogP contribution in [0.5, 0.6) is 0 Å². The fourth-order valence-corrected chi connectivity index (χ4v) is 2.78. The minimum absolute atomic E-state index is 0.141. The van der Waals surface area contributed by atoms with Crippen LogP contribution >= 0.6 is 0 Å². The molecule has 0 aliphatic rings. The van der Waals surface area contributed by atoms with Gasteiger partial charge in [0.15, 0.2) is 0 Å². The Morgan fingerprint density at radius 3 is 2.46 bits per heavy atom. The summed E-state index contributed by atoms with van der Waals surface area (Å²) < 4.78 is 0. The predicted molar refractivity (Wildman–Crippen MR) is 112 cm³/mol. The third-order valence-corrected chi connectivity index (χ3v) is 4.40. The molecule has 28 heavy (non-hydrogen) atoms. The van der Waals surface area contributed by atoms with E-state index in [4.69, 9.17) is 0 Å². The van der Waals surface area contributed by atoms with Crippen molar-refractivity contribution in [3.63, 3.8) is 0 Å². The Labute approximate surface area is 168 Å². The molecule has 0 aromatic heterocycles. The van der Waals surface area contributed by atoms with Gasteiger partial charge in [-0.2, -0.15) is 0 Å². The lowest BCUT2D eigenvalue weighted by atomic mass is 9.75. The van der Waals surface area contributed by atoms with Gasteiger partial charge in [-0.25, -0.2) is 0 Å². The van der Waals surface area contributed by atoms with Crippen molar-refractivity contribution in [2.24, 2.45) is 0 Å². The smallest absolute Gasteiger partial charge is 0.426 e. The maximum absolute atomic E-state index is 12.4. The number of nitrogens with one attached hydrogen (secondary N) is 1. The van der Waals surface area contributed by atoms with Crippen LogP contribution in [0.3, 0.4) is 0 Å². The molecule has 0 aliphatic heterocycles. The largest absolute Gasteiger partial charge is 0.475 e. The molecule has 0 fully saturated rings. The maximum Gasteiger partial charge on any atom is 0.475 e. The molecule has 7 nitrogen and oxygen atoms in total. The van der Waals surface area contributed by atoms with Gasteiger partial charge in [-0.15, -0.1) is 0 Å². The van der Waals surface area contributed by atoms with E-state index in [2.05, 4.69) is 5.32 Å². The lowest BCUT2D eigenvalue weighted by Crippen LogP contribution is -2.51. The maximum atomic E-state index is 12.4. The average Bonchev–Trinajstić information content (AvgIpc) is 2.60. The summed E-state index contributed by atoms with van der Waals surface area (Å²) in [5, 5.41) is 22.0. The average molecular weight is 389 g/mol. The van der Waals surface area contributed by atoms with Gasteiger partial charge in [0.05, 0.1) is 12.5 Å². The fourth-order valence-electron chi connectivity index (χ4n) is 2.78. The quantitative estimate of drug-likeness (QED) is 0.396. The van der Waals surface area contributed by atoms with Crippen molar-refractivity contribution in [1.29, 1.82) is 0 Å². The zero-order valence-corrected chi connectivity index (χ0v) is 17.5. The summed E-state index contributed by atoms with van der Waals surface area (Å²) in [6.45, 7) is 6.59. The van der Waals surface area contributed by atoms with Crippen molar-refractivity contribution in [2.45, 2.75) is 33.1 Å². The summed E-state index contributed by atoms with van der Waals surface area (Å²) in [7, 11) is 2.10. The molecule has 0 bridgehead atoms. The highest BCUT2D eigenvalue weighted by Gasteiger charge is 2.27. The molecule has 0 saturated carbocycles. The van der Waals surface area contributed by atoms with Crippen LogP contribution in [0.2, 0.25) is 0 Å². The minimum Gasteiger partial charge on any atom is -0.426 e. The van der Waals surface area contributed by atoms with Gasteiger partial charge in [0.1, 0.15) is 0 Å². The van der Waals surface area contributed by atoms with E-state index in [0.717, 1.165) is 16.7 Å². The Hall–Kier alpha value is -2.16. The number of carbonyl (C=O) groups is 2. The summed E-state index contributed by atoms with van der Waals surface area (Å²) >= 11 is 0. The van der Waals surface area contributed by atoms with Gasteiger partial charge in [-0.1, -0.05) is 29.8 Å². The number of likely N-dealkylation sites (N-methyl/N-ethyl adjacent to an activating group) is 2. The van der Waals surface area contributed by atoms with E-state index in [0.29, 0.717) is 19.5 Å². The highest BCUT2D eigenvalue weighted by Crippen LogP contribution is 2.13. The molecule has 0 saturated heterocycles. The van der Waals surface area contributed by atoms with Gasteiger partial charge >= 0.3 is 7.12 Å². The van der Waals surface area contributed by atoms with Gasteiger partial charge in [-0.3, -0.25) is 9.59 Å². The van der Waals surface area contributed by atoms with Crippen molar-refractivity contribution >= 4 is 18.9 Å². The number of rotatable bonds is 10. The van der Waals surface area contributed by atoms with Gasteiger partial charge in [-0.05, 0) is 52.4 Å². The Morgan fingerprint density at radius 2 is 1.93 bits per heavy atom. The van der Waals surface area contributed by atoms with Crippen LogP contribution in [0.1, 0.15) is 23.6 Å². The van der Waals surface area contributed by atoms with Gasteiger partial charge in [0, 0.05) is 19.2 Å². The Balaban J connectivity index is 2.72. The molecule has 8 heteroatoms. The molecule has 0 spiro atoms. The molecule has 0 heterocycles. The number of hydrogen-bond acceptors (Lipinski definition) is 5. The second-order valence-electron chi connectivity index (χ2n) is 7.24. The molecule has 1 aromatic rings. The number of carbonyl (C=O) groups excluding carboxylic acids is 2. The summed E-state index contributed by atoms with van der Waals surface area (Å²) in [6, 6.07) is 5.88. The molecule has 1 unspecified atom stereocenters. The first-order valence-corrected chi connectivity index (χ1v) is 9.45. The third kappa shape index (κ3) is 8.25. The highest BCUT2D eigenvalue weighted by atomic mass is 16.4. The van der Waals surface area contributed by atoms with Crippen LogP contribution in [0.4, 0.5) is 0 Å². The van der Waals surface area contributed by atoms with Gasteiger partial charge in [0.25, 0.3) is 0 Å². The lowest BCUT2D eigenvalue weighted by Gasteiger charge is -2.23. The number of amides is 2. The molecule has 3 N–H and O–H groups in total. The molecule has 0 aliphatic carbocycles. The topological polar surface area (TPSA) is 93.1 Å². The minimum atomic E-state index is -1.70. The molecular weight excluding hydrogens is 357 g/mol. The molecule has 1 rings (SSSR count). The summed E-state index contributed by atoms with van der Waals surface area (Å²) in [5.41, 5.74) is 3.07. The van der Waals surface area contributed by atoms with E-state index in [1.54, 1.807) is 13.0 Å². The SMILES string of the molecule is CCN(CC(=O)NC(Cc1ccc(C)cc1C)B(O)O)C(=O)/C=C/CN(C)C. The summed E-state index contributed by atoms with van der Waals surface area (Å²) in [4.78, 5) is 27.9. The van der Waals surface area contributed by atoms with Crippen LogP contribution in [0.15, 0.2) is 30.4 Å². The molecule has 2 amide bonds. The van der Waals surface area contributed by atoms with Crippen molar-refractivity contribution in [3.05, 3.63) is 47.0 Å². The monoisotopic (exact) mass is 389 g/mol. The first-order valence-electron chi connectivity index (χ1n) is 9.45. The first-order chi connectivity index (χ1) is 13.1. The number of aryl methyl sites for hydroxylation is 2. The highest BCUT2D eigenvalue weighted by molar-refractivity contribution is 6.43.